The van der Waals surface area contributed by atoms with Crippen molar-refractivity contribution < 1.29 is 23.8 Å². The number of phenols is 1. The van der Waals surface area contributed by atoms with Gasteiger partial charge < -0.3 is 15.5 Å². The van der Waals surface area contributed by atoms with Gasteiger partial charge in [-0.3, -0.25) is 10.1 Å². The van der Waals surface area contributed by atoms with E-state index in [-0.39, 0.29) is 18.2 Å². The van der Waals surface area contributed by atoms with Gasteiger partial charge in [-0.05, 0) is 53.1 Å². The van der Waals surface area contributed by atoms with Crippen molar-refractivity contribution in [1.29, 1.82) is 0 Å². The van der Waals surface area contributed by atoms with Crippen LogP contribution in [0.25, 0.3) is 0 Å². The van der Waals surface area contributed by atoms with Gasteiger partial charge in [0.2, 0.25) is 5.91 Å². The Morgan fingerprint density at radius 1 is 0.933 bits per heavy atom. The summed E-state index contributed by atoms with van der Waals surface area (Å²) < 4.78 is 26.7. The molecule has 0 saturated carbocycles. The van der Waals surface area contributed by atoms with Crippen molar-refractivity contribution in [3.63, 3.8) is 0 Å². The quantitative estimate of drug-likeness (QED) is 0.471. The highest BCUT2D eigenvalue weighted by atomic mass is 19.1. The maximum atomic E-state index is 13.5. The number of hydrogen-bond donors (Lipinski definition) is 4. The summed E-state index contributed by atoms with van der Waals surface area (Å²) in [4.78, 5) is 12.8. The van der Waals surface area contributed by atoms with Crippen LogP contribution in [0, 0.1) is 11.6 Å². The van der Waals surface area contributed by atoms with E-state index in [2.05, 4.69) is 10.6 Å². The monoisotopic (exact) mass is 410 g/mol. The van der Waals surface area contributed by atoms with Crippen LogP contribution >= 0.6 is 0 Å². The Morgan fingerprint density at radius 2 is 1.50 bits per heavy atom. The van der Waals surface area contributed by atoms with Crippen LogP contribution in [-0.2, 0) is 10.3 Å². The molecule has 3 aromatic rings. The van der Waals surface area contributed by atoms with Crippen molar-refractivity contribution in [3.8, 4) is 5.75 Å². The number of aliphatic hydroxyl groups excluding tert-OH is 1. The van der Waals surface area contributed by atoms with E-state index in [0.29, 0.717) is 11.1 Å². The number of aliphatic hydroxyl groups is 1. The summed E-state index contributed by atoms with van der Waals surface area (Å²) in [6.07, 6.45) is -0.989. The van der Waals surface area contributed by atoms with E-state index < -0.39 is 29.3 Å². The van der Waals surface area contributed by atoms with Crippen molar-refractivity contribution in [3.05, 3.63) is 101 Å². The van der Waals surface area contributed by atoms with E-state index in [1.54, 1.807) is 12.1 Å². The second-order valence-corrected chi connectivity index (χ2v) is 7.26. The molecule has 0 spiro atoms. The van der Waals surface area contributed by atoms with Gasteiger partial charge in [0.05, 0.1) is 12.1 Å². The molecule has 1 heterocycles. The molecule has 30 heavy (non-hydrogen) atoms. The average molecular weight is 410 g/mol. The predicted molar refractivity (Wildman–Crippen MR) is 106 cm³/mol. The first-order chi connectivity index (χ1) is 14.4. The molecule has 1 amide bonds. The minimum atomic E-state index is -1.24. The van der Waals surface area contributed by atoms with Gasteiger partial charge in [-0.25, -0.2) is 8.78 Å². The van der Waals surface area contributed by atoms with E-state index in [9.17, 15) is 23.8 Å². The normalized spacial score (nSPS) is 21.6. The number of phenolic OH excluding ortho intramolecular Hbond substituents is 1. The first kappa shape index (κ1) is 20.0. The second kappa shape index (κ2) is 7.85. The number of carbonyl (C=O) groups excluding carboxylic acids is 1. The van der Waals surface area contributed by atoms with E-state index in [4.69, 9.17) is 0 Å². The van der Waals surface area contributed by atoms with Gasteiger partial charge in [0.25, 0.3) is 0 Å². The zero-order valence-electron chi connectivity index (χ0n) is 15.8. The summed E-state index contributed by atoms with van der Waals surface area (Å²) in [5, 5.41) is 26.1. The molecule has 5 nitrogen and oxygen atoms in total. The minimum absolute atomic E-state index is 0.00497. The van der Waals surface area contributed by atoms with Crippen molar-refractivity contribution in [1.82, 2.24) is 10.6 Å². The number of hydrogen-bond acceptors (Lipinski definition) is 4. The van der Waals surface area contributed by atoms with Crippen LogP contribution in [-0.4, -0.2) is 22.7 Å². The van der Waals surface area contributed by atoms with Crippen molar-refractivity contribution in [2.75, 3.05) is 6.54 Å². The van der Waals surface area contributed by atoms with E-state index in [0.717, 1.165) is 5.56 Å². The summed E-state index contributed by atoms with van der Waals surface area (Å²) in [6, 6.07) is 17.0. The summed E-state index contributed by atoms with van der Waals surface area (Å²) in [6.45, 7) is 0.00497. The van der Waals surface area contributed by atoms with Crippen LogP contribution in [0.15, 0.2) is 72.8 Å². The Balaban J connectivity index is 1.67. The van der Waals surface area contributed by atoms with Crippen LogP contribution in [0.5, 0.6) is 5.75 Å². The highest BCUT2D eigenvalue weighted by molar-refractivity contribution is 5.95. The fourth-order valence-corrected chi connectivity index (χ4v) is 3.76. The summed E-state index contributed by atoms with van der Waals surface area (Å²) >= 11 is 0. The summed E-state index contributed by atoms with van der Waals surface area (Å²) in [7, 11) is 0. The zero-order chi connectivity index (χ0) is 21.3. The number of benzene rings is 3. The second-order valence-electron chi connectivity index (χ2n) is 7.26. The number of β-lactam (4-membered cyclic amide) rings is 1. The predicted octanol–water partition coefficient (Wildman–Crippen LogP) is 3.06. The molecular weight excluding hydrogens is 390 g/mol. The number of rotatable bonds is 6. The molecule has 3 atom stereocenters. The number of aromatic hydroxyl groups is 1. The van der Waals surface area contributed by atoms with Crippen molar-refractivity contribution in [2.24, 2.45) is 0 Å². The Kier molecular flexibility index (Phi) is 5.24. The fraction of sp³-hybridized carbons (Fsp3) is 0.174. The third-order valence-electron chi connectivity index (χ3n) is 5.42. The molecular formula is C23H20F2N2O3. The first-order valence-electron chi connectivity index (χ1n) is 9.44. The van der Waals surface area contributed by atoms with Gasteiger partial charge in [-0.15, -0.1) is 0 Å². The fourth-order valence-electron chi connectivity index (χ4n) is 3.76. The molecule has 1 aliphatic rings. The first-order valence-corrected chi connectivity index (χ1v) is 9.44. The topological polar surface area (TPSA) is 81.6 Å². The zero-order valence-corrected chi connectivity index (χ0v) is 15.8. The Hall–Kier alpha value is -3.29. The van der Waals surface area contributed by atoms with Crippen LogP contribution in [0.1, 0.15) is 28.8 Å². The highest BCUT2D eigenvalue weighted by Gasteiger charge is 2.56. The van der Waals surface area contributed by atoms with Crippen molar-refractivity contribution >= 4 is 5.91 Å². The lowest BCUT2D eigenvalue weighted by Gasteiger charge is -2.50. The van der Waals surface area contributed by atoms with Gasteiger partial charge in [-0.1, -0.05) is 36.4 Å². The van der Waals surface area contributed by atoms with Crippen LogP contribution < -0.4 is 10.6 Å². The van der Waals surface area contributed by atoms with E-state index in [1.165, 1.54) is 60.7 Å². The van der Waals surface area contributed by atoms with Crippen molar-refractivity contribution in [2.45, 2.75) is 17.7 Å². The molecule has 1 fully saturated rings. The van der Waals surface area contributed by atoms with Crippen LogP contribution in [0.2, 0.25) is 0 Å². The number of halogens is 2. The lowest BCUT2D eigenvalue weighted by Crippen LogP contribution is -2.71. The third kappa shape index (κ3) is 3.53. The maximum absolute atomic E-state index is 13.5. The molecule has 0 aromatic heterocycles. The Bertz CT molecular complexity index is 1040. The SMILES string of the molecule is O=C1N[C@H](c2ccc(O)cc2)[C@]1(NC[C@H](O)c1ccc(F)cc1)c1ccc(F)cc1. The van der Waals surface area contributed by atoms with Gasteiger partial charge >= 0.3 is 0 Å². The number of nitrogens with one attached hydrogen (secondary N) is 2. The number of amides is 1. The summed E-state index contributed by atoms with van der Waals surface area (Å²) in [5.41, 5.74) is 0.530. The highest BCUT2D eigenvalue weighted by Crippen LogP contribution is 2.43. The lowest BCUT2D eigenvalue weighted by molar-refractivity contribution is -0.141. The molecule has 154 valence electrons. The maximum Gasteiger partial charge on any atom is 0.248 e. The van der Waals surface area contributed by atoms with Crippen LogP contribution in [0.4, 0.5) is 8.78 Å². The largest absolute Gasteiger partial charge is 0.508 e. The third-order valence-corrected chi connectivity index (χ3v) is 5.42. The smallest absolute Gasteiger partial charge is 0.248 e. The molecule has 4 N–H and O–H groups in total. The van der Waals surface area contributed by atoms with E-state index in [1.807, 2.05) is 0 Å². The molecule has 0 bridgehead atoms. The molecule has 4 rings (SSSR count). The van der Waals surface area contributed by atoms with Gasteiger partial charge in [0.1, 0.15) is 22.9 Å². The number of carbonyl (C=O) groups is 1. The molecule has 0 aliphatic carbocycles. The van der Waals surface area contributed by atoms with E-state index >= 15 is 0 Å². The average Bonchev–Trinajstić information content (AvgIpc) is 2.74. The molecule has 0 unspecified atom stereocenters. The van der Waals surface area contributed by atoms with Gasteiger partial charge in [-0.2, -0.15) is 0 Å². The summed E-state index contributed by atoms with van der Waals surface area (Å²) in [5.74, 6) is -1.07. The van der Waals surface area contributed by atoms with Gasteiger partial charge in [0, 0.05) is 6.54 Å². The van der Waals surface area contributed by atoms with Crippen LogP contribution in [0.3, 0.4) is 0 Å². The molecule has 1 aliphatic heterocycles. The molecule has 3 aromatic carbocycles. The molecule has 7 heteroatoms. The minimum Gasteiger partial charge on any atom is -0.508 e. The molecule has 1 saturated heterocycles. The molecule has 0 radical (unpaired) electrons. The standard InChI is InChI=1S/C23H20F2N2O3/c24-17-7-1-14(2-8-17)20(29)13-26-23(16-5-9-18(25)10-6-16)21(27-22(23)30)15-3-11-19(28)12-4-15/h1-12,20-21,26,28-29H,13H2,(H,27,30)/t20-,21+,23+/m0/s1. The van der Waals surface area contributed by atoms with Gasteiger partial charge in [0.15, 0.2) is 0 Å². The Labute approximate surface area is 172 Å². The lowest BCUT2D eigenvalue weighted by atomic mass is 9.72. The Morgan fingerprint density at radius 3 is 2.07 bits per heavy atom.